The lowest BCUT2D eigenvalue weighted by atomic mass is 10.1. The zero-order valence-corrected chi connectivity index (χ0v) is 7.78. The average Bonchev–Trinajstić information content (AvgIpc) is 2.54. The van der Waals surface area contributed by atoms with Crippen molar-refractivity contribution in [3.63, 3.8) is 0 Å². The minimum atomic E-state index is 0.294. The highest BCUT2D eigenvalue weighted by molar-refractivity contribution is 6.22. The molecule has 2 atom stereocenters. The van der Waals surface area contributed by atoms with Crippen molar-refractivity contribution in [2.24, 2.45) is 0 Å². The monoisotopic (exact) mass is 191 g/mol. The molecule has 0 spiro atoms. The molecule has 62 valence electrons. The summed E-state index contributed by atoms with van der Waals surface area (Å²) >= 11 is 11.9. The third kappa shape index (κ3) is 1.20. The third-order valence-corrected chi connectivity index (χ3v) is 3.32. The number of fused-ring (bicyclic) bond motifs is 1. The average molecular weight is 192 g/mol. The van der Waals surface area contributed by atoms with E-state index in [1.54, 1.807) is 0 Å². The van der Waals surface area contributed by atoms with Crippen LogP contribution in [0.15, 0.2) is 11.6 Å². The Bertz CT molecular complexity index is 191. The highest BCUT2D eigenvalue weighted by atomic mass is 35.5. The molecule has 3 heteroatoms. The van der Waals surface area contributed by atoms with Crippen LogP contribution in [0.3, 0.4) is 0 Å². The predicted octanol–water partition coefficient (Wildman–Crippen LogP) is 1.85. The molecule has 1 fully saturated rings. The van der Waals surface area contributed by atoms with Gasteiger partial charge in [0.05, 0.1) is 5.38 Å². The highest BCUT2D eigenvalue weighted by Crippen LogP contribution is 2.32. The van der Waals surface area contributed by atoms with E-state index in [9.17, 15) is 0 Å². The minimum Gasteiger partial charge on any atom is -0.291 e. The first-order chi connectivity index (χ1) is 5.33. The van der Waals surface area contributed by atoms with E-state index in [1.165, 1.54) is 5.57 Å². The summed E-state index contributed by atoms with van der Waals surface area (Å²) in [5.41, 5.74) is 1.32. The van der Waals surface area contributed by atoms with Crippen LogP contribution in [-0.4, -0.2) is 35.3 Å². The molecule has 0 saturated carbocycles. The van der Waals surface area contributed by atoms with Crippen LogP contribution in [0.4, 0.5) is 0 Å². The van der Waals surface area contributed by atoms with Gasteiger partial charge in [0, 0.05) is 25.0 Å². The predicted molar refractivity (Wildman–Crippen MR) is 48.4 cm³/mol. The van der Waals surface area contributed by atoms with Gasteiger partial charge in [-0.2, -0.15) is 0 Å². The Morgan fingerprint density at radius 3 is 3.18 bits per heavy atom. The van der Waals surface area contributed by atoms with E-state index in [2.05, 4.69) is 11.0 Å². The fourth-order valence-corrected chi connectivity index (χ4v) is 2.66. The molecule has 0 aromatic carbocycles. The van der Waals surface area contributed by atoms with Crippen molar-refractivity contribution in [3.8, 4) is 0 Å². The molecule has 0 bridgehead atoms. The van der Waals surface area contributed by atoms with Gasteiger partial charge in [0.1, 0.15) is 0 Å². The second-order valence-electron chi connectivity index (χ2n) is 3.16. The van der Waals surface area contributed by atoms with Crippen molar-refractivity contribution in [3.05, 3.63) is 11.6 Å². The van der Waals surface area contributed by atoms with Gasteiger partial charge in [-0.25, -0.2) is 0 Å². The molecule has 0 unspecified atom stereocenters. The van der Waals surface area contributed by atoms with Gasteiger partial charge in [-0.3, -0.25) is 4.90 Å². The first-order valence-corrected chi connectivity index (χ1v) is 4.93. The molecule has 0 amide bonds. The second-order valence-corrected chi connectivity index (χ2v) is 3.98. The minimum absolute atomic E-state index is 0.294. The number of halogens is 2. The van der Waals surface area contributed by atoms with Crippen LogP contribution < -0.4 is 0 Å². The van der Waals surface area contributed by atoms with E-state index in [0.29, 0.717) is 17.3 Å². The molecule has 0 aromatic rings. The number of hydrogen-bond acceptors (Lipinski definition) is 1. The summed E-state index contributed by atoms with van der Waals surface area (Å²) in [7, 11) is 0. The van der Waals surface area contributed by atoms with Crippen LogP contribution in [0.2, 0.25) is 0 Å². The van der Waals surface area contributed by atoms with Crippen molar-refractivity contribution < 1.29 is 0 Å². The maximum absolute atomic E-state index is 6.15. The fraction of sp³-hybridized carbons (Fsp3) is 0.750. The van der Waals surface area contributed by atoms with Crippen LogP contribution in [0.1, 0.15) is 6.42 Å². The summed E-state index contributed by atoms with van der Waals surface area (Å²) in [6.07, 6.45) is 3.33. The van der Waals surface area contributed by atoms with Crippen molar-refractivity contribution >= 4 is 23.2 Å². The Labute approximate surface area is 77.0 Å². The van der Waals surface area contributed by atoms with E-state index in [1.807, 2.05) is 0 Å². The van der Waals surface area contributed by atoms with Crippen molar-refractivity contribution in [1.82, 2.24) is 4.90 Å². The number of rotatable bonds is 1. The Morgan fingerprint density at radius 2 is 2.45 bits per heavy atom. The summed E-state index contributed by atoms with van der Waals surface area (Å²) < 4.78 is 0. The summed E-state index contributed by atoms with van der Waals surface area (Å²) in [5, 5.41) is 0.294. The number of nitrogens with zero attached hydrogens (tertiary/aromatic N) is 1. The van der Waals surface area contributed by atoms with Crippen molar-refractivity contribution in [1.29, 1.82) is 0 Å². The lowest BCUT2D eigenvalue weighted by Gasteiger charge is -2.18. The molecule has 2 heterocycles. The van der Waals surface area contributed by atoms with Crippen molar-refractivity contribution in [2.75, 3.05) is 19.0 Å². The molecule has 0 aromatic heterocycles. The fourth-order valence-electron chi connectivity index (χ4n) is 1.98. The summed E-state index contributed by atoms with van der Waals surface area (Å²) in [4.78, 5) is 2.40. The molecule has 0 radical (unpaired) electrons. The lowest BCUT2D eigenvalue weighted by molar-refractivity contribution is 0.338. The van der Waals surface area contributed by atoms with E-state index in [-0.39, 0.29) is 0 Å². The third-order valence-electron chi connectivity index (χ3n) is 2.55. The van der Waals surface area contributed by atoms with E-state index < -0.39 is 0 Å². The summed E-state index contributed by atoms with van der Waals surface area (Å²) in [6.45, 7) is 2.19. The van der Waals surface area contributed by atoms with Crippen LogP contribution in [-0.2, 0) is 0 Å². The Kier molecular flexibility index (Phi) is 2.13. The largest absolute Gasteiger partial charge is 0.291 e. The molecule has 0 N–H and O–H groups in total. The molecular weight excluding hydrogens is 181 g/mol. The summed E-state index contributed by atoms with van der Waals surface area (Å²) in [5.74, 6) is 0.643. The zero-order chi connectivity index (χ0) is 7.84. The highest BCUT2D eigenvalue weighted by Gasteiger charge is 2.37. The van der Waals surface area contributed by atoms with Crippen molar-refractivity contribution in [2.45, 2.75) is 17.8 Å². The van der Waals surface area contributed by atoms with Crippen LogP contribution in [0.25, 0.3) is 0 Å². The quantitative estimate of drug-likeness (QED) is 0.452. The maximum atomic E-state index is 6.15. The normalized spacial score (nSPS) is 37.5. The van der Waals surface area contributed by atoms with Gasteiger partial charge in [0.2, 0.25) is 0 Å². The Morgan fingerprint density at radius 1 is 1.64 bits per heavy atom. The summed E-state index contributed by atoms with van der Waals surface area (Å²) in [6, 6.07) is 0.453. The SMILES string of the molecule is ClCC1=CCN2CC[C@@H](Cl)[C@H]12. The first kappa shape index (κ1) is 7.90. The second kappa shape index (κ2) is 2.96. The first-order valence-electron chi connectivity index (χ1n) is 3.96. The van der Waals surface area contributed by atoms with Gasteiger partial charge < -0.3 is 0 Å². The molecule has 1 saturated heterocycles. The molecule has 1 nitrogen and oxygen atoms in total. The molecule has 2 rings (SSSR count). The molecule has 0 aliphatic carbocycles. The van der Waals surface area contributed by atoms with E-state index in [4.69, 9.17) is 23.2 Å². The van der Waals surface area contributed by atoms with Gasteiger partial charge in [-0.1, -0.05) is 6.08 Å². The van der Waals surface area contributed by atoms with Crippen LogP contribution in [0, 0.1) is 0 Å². The van der Waals surface area contributed by atoms with Gasteiger partial charge in [-0.05, 0) is 12.0 Å². The zero-order valence-electron chi connectivity index (χ0n) is 6.26. The molecule has 2 aliphatic rings. The van der Waals surface area contributed by atoms with Crippen LogP contribution in [0.5, 0.6) is 0 Å². The topological polar surface area (TPSA) is 3.24 Å². The van der Waals surface area contributed by atoms with E-state index >= 15 is 0 Å². The van der Waals surface area contributed by atoms with Gasteiger partial charge in [0.25, 0.3) is 0 Å². The maximum Gasteiger partial charge on any atom is 0.0542 e. The van der Waals surface area contributed by atoms with Gasteiger partial charge >= 0.3 is 0 Å². The smallest absolute Gasteiger partial charge is 0.0542 e. The Hall–Kier alpha value is 0.280. The number of alkyl halides is 2. The molecular formula is C8H11Cl2N. The number of hydrogen-bond donors (Lipinski definition) is 0. The van der Waals surface area contributed by atoms with Crippen LogP contribution >= 0.6 is 23.2 Å². The van der Waals surface area contributed by atoms with E-state index in [0.717, 1.165) is 19.5 Å². The molecule has 11 heavy (non-hydrogen) atoms. The standard InChI is InChI=1S/C8H11Cl2N/c9-5-6-1-3-11-4-2-7(10)8(6)11/h1,7-8H,2-5H2/t7-,8+/m1/s1. The van der Waals surface area contributed by atoms with Gasteiger partial charge in [-0.15, -0.1) is 23.2 Å². The van der Waals surface area contributed by atoms with Gasteiger partial charge in [0.15, 0.2) is 0 Å². The molecule has 2 aliphatic heterocycles. The Balaban J connectivity index is 2.15. The lowest BCUT2D eigenvalue weighted by Crippen LogP contribution is -2.30.